The molecule has 4 aromatic rings. The van der Waals surface area contributed by atoms with Crippen molar-refractivity contribution in [2.75, 3.05) is 0 Å². The van der Waals surface area contributed by atoms with Crippen molar-refractivity contribution < 1.29 is 13.6 Å². The maximum absolute atomic E-state index is 13.9. The number of rotatable bonds is 6. The summed E-state index contributed by atoms with van der Waals surface area (Å²) >= 11 is 0. The van der Waals surface area contributed by atoms with E-state index >= 15 is 0 Å². The number of hydrogen-bond acceptors (Lipinski definition) is 5. The molecule has 1 N–H and O–H groups in total. The first-order valence-electron chi connectivity index (χ1n) is 9.04. The minimum atomic E-state index is -0.531. The number of fused-ring (bicyclic) bond motifs is 1. The van der Waals surface area contributed by atoms with Gasteiger partial charge in [0.25, 0.3) is 5.56 Å². The molecule has 2 aromatic carbocycles. The van der Waals surface area contributed by atoms with E-state index in [1.54, 1.807) is 30.3 Å². The number of halogens is 2. The van der Waals surface area contributed by atoms with Gasteiger partial charge in [-0.3, -0.25) is 14.2 Å². The molecular weight excluding hydrogens is 394 g/mol. The van der Waals surface area contributed by atoms with Crippen molar-refractivity contribution >= 4 is 17.1 Å². The van der Waals surface area contributed by atoms with E-state index in [9.17, 15) is 18.4 Å². The van der Waals surface area contributed by atoms with Crippen molar-refractivity contribution in [3.8, 4) is 0 Å². The van der Waals surface area contributed by atoms with E-state index in [1.165, 1.54) is 29.2 Å². The molecule has 0 aliphatic carbocycles. The highest BCUT2D eigenvalue weighted by molar-refractivity contribution is 5.76. The average molecular weight is 410 g/mol. The van der Waals surface area contributed by atoms with Crippen LogP contribution < -0.4 is 10.9 Å². The second-order valence-electron chi connectivity index (χ2n) is 6.59. The monoisotopic (exact) mass is 410 g/mol. The predicted octanol–water partition coefficient (Wildman–Crippen LogP) is 1.63. The minimum Gasteiger partial charge on any atom is -0.350 e. The van der Waals surface area contributed by atoms with E-state index in [0.29, 0.717) is 5.56 Å². The summed E-state index contributed by atoms with van der Waals surface area (Å²) in [4.78, 5) is 29.0. The van der Waals surface area contributed by atoms with E-state index in [4.69, 9.17) is 0 Å². The average Bonchev–Trinajstić information content (AvgIpc) is 3.15. The highest BCUT2D eigenvalue weighted by atomic mass is 19.1. The molecule has 0 fully saturated rings. The molecule has 2 heterocycles. The smallest absolute Gasteiger partial charge is 0.283 e. The normalized spacial score (nSPS) is 11.0. The maximum atomic E-state index is 13.9. The third-order valence-corrected chi connectivity index (χ3v) is 4.49. The molecule has 4 rings (SSSR count). The van der Waals surface area contributed by atoms with Gasteiger partial charge in [0.05, 0.1) is 6.54 Å². The molecule has 0 saturated heterocycles. The number of carbonyl (C=O) groups is 1. The Morgan fingerprint density at radius 3 is 2.60 bits per heavy atom. The fourth-order valence-corrected chi connectivity index (χ4v) is 2.91. The summed E-state index contributed by atoms with van der Waals surface area (Å²) in [5.41, 5.74) is 0.764. The van der Waals surface area contributed by atoms with Gasteiger partial charge in [0.2, 0.25) is 5.91 Å². The number of amides is 1. The van der Waals surface area contributed by atoms with Crippen molar-refractivity contribution in [1.82, 2.24) is 29.9 Å². The van der Waals surface area contributed by atoms with E-state index in [2.05, 4.69) is 20.6 Å². The standard InChI is InChI=1S/C20H16F2N6O2/c21-15-7-5-13(6-8-15)9-23-17(29)11-27-12-24-19-18(20(27)30)25-26-28(19)10-14-3-1-2-4-16(14)22/h1-8,12H,9-11H2,(H,23,29). The molecule has 0 spiro atoms. The number of nitrogens with one attached hydrogen (secondary N) is 1. The Labute approximate surface area is 168 Å². The van der Waals surface area contributed by atoms with Gasteiger partial charge in [-0.1, -0.05) is 35.5 Å². The predicted molar refractivity (Wildman–Crippen MR) is 103 cm³/mol. The summed E-state index contributed by atoms with van der Waals surface area (Å²) in [5, 5.41) is 10.4. The summed E-state index contributed by atoms with van der Waals surface area (Å²) in [7, 11) is 0. The van der Waals surface area contributed by atoms with Crippen LogP contribution in [0.15, 0.2) is 59.7 Å². The van der Waals surface area contributed by atoms with Crippen LogP contribution in [0.2, 0.25) is 0 Å². The van der Waals surface area contributed by atoms with E-state index < -0.39 is 17.3 Å². The molecule has 152 valence electrons. The van der Waals surface area contributed by atoms with Gasteiger partial charge in [-0.15, -0.1) is 5.10 Å². The van der Waals surface area contributed by atoms with Crippen molar-refractivity contribution in [3.05, 3.63) is 88.0 Å². The van der Waals surface area contributed by atoms with Crippen LogP contribution in [0, 0.1) is 11.6 Å². The third-order valence-electron chi connectivity index (χ3n) is 4.49. The van der Waals surface area contributed by atoms with E-state index in [1.807, 2.05) is 0 Å². The maximum Gasteiger partial charge on any atom is 0.283 e. The summed E-state index contributed by atoms with van der Waals surface area (Å²) in [6, 6.07) is 11.9. The highest BCUT2D eigenvalue weighted by Gasteiger charge is 2.15. The quantitative estimate of drug-likeness (QED) is 0.521. The topological polar surface area (TPSA) is 94.7 Å². The van der Waals surface area contributed by atoms with Crippen molar-refractivity contribution in [2.45, 2.75) is 19.6 Å². The fraction of sp³-hybridized carbons (Fsp3) is 0.150. The number of hydrogen-bond donors (Lipinski definition) is 1. The molecule has 0 saturated carbocycles. The van der Waals surface area contributed by atoms with Gasteiger partial charge in [-0.25, -0.2) is 18.4 Å². The Morgan fingerprint density at radius 2 is 1.83 bits per heavy atom. The Morgan fingerprint density at radius 1 is 1.07 bits per heavy atom. The molecule has 0 bridgehead atoms. The summed E-state index contributed by atoms with van der Waals surface area (Å²) in [6.07, 6.45) is 1.23. The Hall–Kier alpha value is -3.95. The van der Waals surface area contributed by atoms with Gasteiger partial charge < -0.3 is 5.32 Å². The first-order chi connectivity index (χ1) is 14.5. The Bertz CT molecular complexity index is 1270. The summed E-state index contributed by atoms with van der Waals surface area (Å²) < 4.78 is 29.2. The van der Waals surface area contributed by atoms with Crippen molar-refractivity contribution in [2.24, 2.45) is 0 Å². The molecule has 0 atom stereocenters. The van der Waals surface area contributed by atoms with Crippen LogP contribution in [0.5, 0.6) is 0 Å². The SMILES string of the molecule is O=C(Cn1cnc2c(nnn2Cc2ccccc2F)c1=O)NCc1ccc(F)cc1. The molecule has 0 unspecified atom stereocenters. The largest absolute Gasteiger partial charge is 0.350 e. The van der Waals surface area contributed by atoms with Crippen LogP contribution in [-0.4, -0.2) is 30.5 Å². The van der Waals surface area contributed by atoms with E-state index in [-0.39, 0.29) is 36.6 Å². The van der Waals surface area contributed by atoms with Crippen LogP contribution in [0.1, 0.15) is 11.1 Å². The number of nitrogens with zero attached hydrogens (tertiary/aromatic N) is 5. The van der Waals surface area contributed by atoms with Crippen molar-refractivity contribution in [3.63, 3.8) is 0 Å². The van der Waals surface area contributed by atoms with E-state index in [0.717, 1.165) is 10.1 Å². The molecule has 0 aliphatic heterocycles. The number of aromatic nitrogens is 5. The molecule has 0 aliphatic rings. The third kappa shape index (κ3) is 4.07. The van der Waals surface area contributed by atoms with Gasteiger partial charge in [0.1, 0.15) is 24.5 Å². The minimum absolute atomic E-state index is 0.0137. The molecule has 30 heavy (non-hydrogen) atoms. The zero-order valence-electron chi connectivity index (χ0n) is 15.6. The lowest BCUT2D eigenvalue weighted by Crippen LogP contribution is -2.32. The second-order valence-corrected chi connectivity index (χ2v) is 6.59. The zero-order valence-corrected chi connectivity index (χ0v) is 15.6. The summed E-state index contributed by atoms with van der Waals surface area (Å²) in [5.74, 6) is -1.17. The van der Waals surface area contributed by atoms with Gasteiger partial charge in [-0.05, 0) is 23.8 Å². The zero-order chi connectivity index (χ0) is 21.1. The van der Waals surface area contributed by atoms with Crippen LogP contribution in [-0.2, 0) is 24.4 Å². The van der Waals surface area contributed by atoms with Gasteiger partial charge in [-0.2, -0.15) is 0 Å². The molecule has 10 heteroatoms. The number of benzene rings is 2. The summed E-state index contributed by atoms with van der Waals surface area (Å²) in [6.45, 7) is 0.00326. The van der Waals surface area contributed by atoms with Gasteiger partial charge >= 0.3 is 0 Å². The van der Waals surface area contributed by atoms with Crippen LogP contribution in [0.25, 0.3) is 11.2 Å². The van der Waals surface area contributed by atoms with Gasteiger partial charge in [0, 0.05) is 12.1 Å². The molecule has 0 radical (unpaired) electrons. The second kappa shape index (κ2) is 8.19. The first-order valence-corrected chi connectivity index (χ1v) is 9.04. The molecule has 8 nitrogen and oxygen atoms in total. The fourth-order valence-electron chi connectivity index (χ4n) is 2.91. The lowest BCUT2D eigenvalue weighted by atomic mass is 10.2. The first kappa shape index (κ1) is 19.4. The highest BCUT2D eigenvalue weighted by Crippen LogP contribution is 2.11. The molecular formula is C20H16F2N6O2. The van der Waals surface area contributed by atoms with Crippen molar-refractivity contribution in [1.29, 1.82) is 0 Å². The molecule has 2 aromatic heterocycles. The Balaban J connectivity index is 1.48. The van der Waals surface area contributed by atoms with Gasteiger partial charge in [0.15, 0.2) is 11.2 Å². The Kier molecular flexibility index (Phi) is 5.29. The molecule has 1 amide bonds. The van der Waals surface area contributed by atoms with Crippen LogP contribution >= 0.6 is 0 Å². The van der Waals surface area contributed by atoms with Crippen LogP contribution in [0.3, 0.4) is 0 Å². The number of carbonyl (C=O) groups excluding carboxylic acids is 1. The lowest BCUT2D eigenvalue weighted by Gasteiger charge is -2.07. The van der Waals surface area contributed by atoms with Crippen LogP contribution in [0.4, 0.5) is 8.78 Å². The lowest BCUT2D eigenvalue weighted by molar-refractivity contribution is -0.121.